The minimum atomic E-state index is -0.845. The van der Waals surface area contributed by atoms with Gasteiger partial charge in [-0.1, -0.05) is 6.58 Å². The number of ether oxygens (including phenoxy) is 1. The first-order valence-electron chi connectivity index (χ1n) is 5.39. The zero-order chi connectivity index (χ0) is 13.3. The second-order valence-electron chi connectivity index (χ2n) is 3.91. The Kier molecular flexibility index (Phi) is 3.41. The van der Waals surface area contributed by atoms with Crippen molar-refractivity contribution in [1.82, 2.24) is 14.5 Å². The molecule has 98 valence electrons. The van der Waals surface area contributed by atoms with Crippen LogP contribution in [0.3, 0.4) is 0 Å². The van der Waals surface area contributed by atoms with Crippen LogP contribution >= 0.6 is 0 Å². The molecule has 0 aliphatic carbocycles. The lowest BCUT2D eigenvalue weighted by atomic mass is 10.2. The molecule has 8 heteroatoms. The van der Waals surface area contributed by atoms with Gasteiger partial charge in [0.25, 0.3) is 0 Å². The van der Waals surface area contributed by atoms with Crippen molar-refractivity contribution in [2.45, 2.75) is 24.9 Å². The third-order valence-corrected chi connectivity index (χ3v) is 2.75. The number of rotatable bonds is 3. The predicted molar refractivity (Wildman–Crippen MR) is 62.4 cm³/mol. The van der Waals surface area contributed by atoms with Crippen LogP contribution in [0.4, 0.5) is 5.95 Å². The average molecular weight is 254 g/mol. The first-order valence-corrected chi connectivity index (χ1v) is 5.39. The van der Waals surface area contributed by atoms with Gasteiger partial charge in [0.1, 0.15) is 18.2 Å². The quantitative estimate of drug-likeness (QED) is 0.600. The smallest absolute Gasteiger partial charge is 0.354 e. The van der Waals surface area contributed by atoms with Crippen molar-refractivity contribution in [3.8, 4) is 0 Å². The second kappa shape index (κ2) is 4.84. The van der Waals surface area contributed by atoms with E-state index in [-0.39, 0.29) is 24.8 Å². The van der Waals surface area contributed by atoms with Crippen LogP contribution in [0, 0.1) is 0 Å². The van der Waals surface area contributed by atoms with Crippen molar-refractivity contribution >= 4 is 12.0 Å². The van der Waals surface area contributed by atoms with E-state index in [1.165, 1.54) is 6.08 Å². The molecular weight excluding hydrogens is 240 g/mol. The van der Waals surface area contributed by atoms with Crippen LogP contribution in [0.25, 0.3) is 6.08 Å². The van der Waals surface area contributed by atoms with Crippen molar-refractivity contribution < 1.29 is 14.9 Å². The Morgan fingerprint density at radius 2 is 2.33 bits per heavy atom. The summed E-state index contributed by atoms with van der Waals surface area (Å²) < 4.78 is 6.52. The Balaban J connectivity index is 2.40. The Hall–Kier alpha value is -1.77. The van der Waals surface area contributed by atoms with Crippen molar-refractivity contribution in [2.24, 2.45) is 0 Å². The van der Waals surface area contributed by atoms with E-state index in [2.05, 4.69) is 16.5 Å². The summed E-state index contributed by atoms with van der Waals surface area (Å²) in [6.07, 6.45) is -0.793. The highest BCUT2D eigenvalue weighted by molar-refractivity contribution is 5.38. The maximum Gasteiger partial charge on any atom is 0.354 e. The van der Waals surface area contributed by atoms with Crippen LogP contribution in [-0.2, 0) is 4.74 Å². The van der Waals surface area contributed by atoms with Gasteiger partial charge < -0.3 is 20.7 Å². The van der Waals surface area contributed by atoms with Crippen LogP contribution < -0.4 is 11.4 Å². The van der Waals surface area contributed by atoms with Gasteiger partial charge in [-0.05, 0) is 6.08 Å². The number of hydrogen-bond donors (Lipinski definition) is 3. The first kappa shape index (κ1) is 12.7. The van der Waals surface area contributed by atoms with E-state index in [0.29, 0.717) is 0 Å². The lowest BCUT2D eigenvalue weighted by Crippen LogP contribution is -2.31. The minimum absolute atomic E-state index is 0.150. The Bertz CT molecular complexity index is 515. The SMILES string of the molecule is C=Cc1nc(N)nc(=O)n1[C@H]1C[C@H](O)[C@@H](CO)O1. The summed E-state index contributed by atoms with van der Waals surface area (Å²) in [5, 5.41) is 18.6. The molecule has 1 aromatic rings. The molecule has 8 nitrogen and oxygen atoms in total. The fourth-order valence-corrected chi connectivity index (χ4v) is 1.90. The molecule has 18 heavy (non-hydrogen) atoms. The summed E-state index contributed by atoms with van der Waals surface area (Å²) in [4.78, 5) is 19.1. The topological polar surface area (TPSA) is 123 Å². The van der Waals surface area contributed by atoms with Gasteiger partial charge in [0, 0.05) is 6.42 Å². The number of aromatic nitrogens is 3. The number of hydrogen-bond acceptors (Lipinski definition) is 7. The van der Waals surface area contributed by atoms with Gasteiger partial charge in [-0.3, -0.25) is 0 Å². The molecular formula is C10H14N4O4. The number of aliphatic hydroxyl groups excluding tert-OH is 2. The van der Waals surface area contributed by atoms with Crippen LogP contribution in [0.5, 0.6) is 0 Å². The number of nitrogens with zero attached hydrogens (tertiary/aromatic N) is 3. The van der Waals surface area contributed by atoms with E-state index in [1.807, 2.05) is 0 Å². The zero-order valence-corrected chi connectivity index (χ0v) is 9.56. The summed E-state index contributed by atoms with van der Waals surface area (Å²) >= 11 is 0. The number of nitrogens with two attached hydrogens (primary N) is 1. The number of nitrogen functional groups attached to an aromatic ring is 1. The predicted octanol–water partition coefficient (Wildman–Crippen LogP) is -1.50. The summed E-state index contributed by atoms with van der Waals surface area (Å²) in [5.41, 5.74) is 4.74. The maximum atomic E-state index is 11.8. The molecule has 0 aromatic carbocycles. The molecule has 4 N–H and O–H groups in total. The fraction of sp³-hybridized carbons (Fsp3) is 0.500. The van der Waals surface area contributed by atoms with Crippen LogP contribution in [0.1, 0.15) is 18.5 Å². The molecule has 0 radical (unpaired) electrons. The lowest BCUT2D eigenvalue weighted by Gasteiger charge is -2.16. The van der Waals surface area contributed by atoms with Gasteiger partial charge in [-0.15, -0.1) is 0 Å². The largest absolute Gasteiger partial charge is 0.394 e. The molecule has 1 saturated heterocycles. The Morgan fingerprint density at radius 1 is 1.61 bits per heavy atom. The Morgan fingerprint density at radius 3 is 2.89 bits per heavy atom. The Labute approximate surface area is 102 Å². The number of anilines is 1. The zero-order valence-electron chi connectivity index (χ0n) is 9.56. The van der Waals surface area contributed by atoms with Gasteiger partial charge in [-0.2, -0.15) is 9.97 Å². The second-order valence-corrected chi connectivity index (χ2v) is 3.91. The lowest BCUT2D eigenvalue weighted by molar-refractivity contribution is -0.0464. The van der Waals surface area contributed by atoms with E-state index in [9.17, 15) is 9.90 Å². The number of aliphatic hydroxyl groups is 2. The fourth-order valence-electron chi connectivity index (χ4n) is 1.90. The van der Waals surface area contributed by atoms with E-state index in [4.69, 9.17) is 15.6 Å². The van der Waals surface area contributed by atoms with Gasteiger partial charge in [0.15, 0.2) is 0 Å². The highest BCUT2D eigenvalue weighted by Crippen LogP contribution is 2.28. The molecule has 0 saturated carbocycles. The summed E-state index contributed by atoms with van der Waals surface area (Å²) in [5.74, 6) is 0.0618. The standard InChI is InChI=1S/C10H14N4O4/c1-2-7-12-9(11)13-10(17)14(7)8-3-5(16)6(4-15)18-8/h2,5-6,8,15-16H,1,3-4H2,(H2,11,13,17)/t5-,6+,8+/m0/s1. The minimum Gasteiger partial charge on any atom is -0.394 e. The third kappa shape index (κ3) is 2.13. The van der Waals surface area contributed by atoms with E-state index < -0.39 is 24.1 Å². The molecule has 1 aliphatic heterocycles. The van der Waals surface area contributed by atoms with E-state index >= 15 is 0 Å². The van der Waals surface area contributed by atoms with E-state index in [0.717, 1.165) is 4.57 Å². The van der Waals surface area contributed by atoms with Gasteiger partial charge in [0.05, 0.1) is 12.7 Å². The molecule has 1 aromatic heterocycles. The van der Waals surface area contributed by atoms with Crippen molar-refractivity contribution in [2.75, 3.05) is 12.3 Å². The van der Waals surface area contributed by atoms with Crippen molar-refractivity contribution in [3.63, 3.8) is 0 Å². The van der Waals surface area contributed by atoms with E-state index in [1.54, 1.807) is 0 Å². The molecule has 0 bridgehead atoms. The highest BCUT2D eigenvalue weighted by Gasteiger charge is 2.36. The maximum absolute atomic E-state index is 11.8. The summed E-state index contributed by atoms with van der Waals surface area (Å²) in [6, 6.07) is 0. The molecule has 1 aliphatic rings. The third-order valence-electron chi connectivity index (χ3n) is 2.75. The monoisotopic (exact) mass is 254 g/mol. The molecule has 2 heterocycles. The molecule has 1 fully saturated rings. The van der Waals surface area contributed by atoms with Crippen molar-refractivity contribution in [1.29, 1.82) is 0 Å². The van der Waals surface area contributed by atoms with Gasteiger partial charge in [-0.25, -0.2) is 9.36 Å². The van der Waals surface area contributed by atoms with Crippen LogP contribution in [0.2, 0.25) is 0 Å². The summed E-state index contributed by atoms with van der Waals surface area (Å²) in [6.45, 7) is 3.20. The average Bonchev–Trinajstić information content (AvgIpc) is 2.68. The van der Waals surface area contributed by atoms with Crippen LogP contribution in [-0.4, -0.2) is 43.6 Å². The molecule has 3 atom stereocenters. The van der Waals surface area contributed by atoms with Crippen LogP contribution in [0.15, 0.2) is 11.4 Å². The van der Waals surface area contributed by atoms with Gasteiger partial charge >= 0.3 is 5.69 Å². The first-order chi connectivity index (χ1) is 8.56. The normalized spacial score (nSPS) is 27.3. The molecule has 2 rings (SSSR count). The highest BCUT2D eigenvalue weighted by atomic mass is 16.5. The molecule has 0 amide bonds. The molecule has 0 unspecified atom stereocenters. The summed E-state index contributed by atoms with van der Waals surface area (Å²) in [7, 11) is 0. The van der Waals surface area contributed by atoms with Gasteiger partial charge in [0.2, 0.25) is 5.95 Å². The van der Waals surface area contributed by atoms with Crippen molar-refractivity contribution in [3.05, 3.63) is 22.9 Å². The molecule has 0 spiro atoms.